The number of allylic oxidation sites excluding steroid dienone is 1. The number of rotatable bonds is 6. The van der Waals surface area contributed by atoms with Crippen LogP contribution in [0.5, 0.6) is 0 Å². The Morgan fingerprint density at radius 2 is 1.91 bits per heavy atom. The lowest BCUT2D eigenvalue weighted by Gasteiger charge is -2.42. The van der Waals surface area contributed by atoms with Gasteiger partial charge in [-0.2, -0.15) is 0 Å². The first-order chi connectivity index (χ1) is 16.8. The summed E-state index contributed by atoms with van der Waals surface area (Å²) in [5.41, 5.74) is 1.45. The maximum absolute atomic E-state index is 14.6. The minimum Gasteiger partial charge on any atom is -0.393 e. The number of nitrogens with zero attached hydrogens (tertiary/aromatic N) is 2. The fourth-order valence-electron chi connectivity index (χ4n) is 6.74. The predicted molar refractivity (Wildman–Crippen MR) is 138 cm³/mol. The normalized spacial score (nSPS) is 34.2. The summed E-state index contributed by atoms with van der Waals surface area (Å²) >= 11 is 0. The van der Waals surface area contributed by atoms with Crippen LogP contribution < -0.4 is 5.32 Å². The molecule has 6 atom stereocenters. The van der Waals surface area contributed by atoms with Gasteiger partial charge in [0.05, 0.1) is 11.8 Å². The van der Waals surface area contributed by atoms with Crippen LogP contribution in [-0.4, -0.2) is 28.3 Å². The van der Waals surface area contributed by atoms with Gasteiger partial charge in [-0.3, -0.25) is 9.79 Å². The molecule has 2 aliphatic carbocycles. The number of nitrogens with one attached hydrogen (secondary N) is 1. The summed E-state index contributed by atoms with van der Waals surface area (Å²) in [5, 5.41) is 12.9. The van der Waals surface area contributed by atoms with Crippen LogP contribution in [0, 0.1) is 41.3 Å². The monoisotopic (exact) mass is 483 g/mol. The summed E-state index contributed by atoms with van der Waals surface area (Å²) < 4.78 is 14.6. The Hall–Kier alpha value is -2.08. The number of halogens is 1. The number of pyridine rings is 1. The highest BCUT2D eigenvalue weighted by atomic mass is 19.1. The van der Waals surface area contributed by atoms with Crippen LogP contribution in [0.2, 0.25) is 0 Å². The van der Waals surface area contributed by atoms with Gasteiger partial charge in [0.25, 0.3) is 5.91 Å². The summed E-state index contributed by atoms with van der Waals surface area (Å²) in [7, 11) is 0. The molecular weight excluding hydrogens is 441 g/mol. The summed E-state index contributed by atoms with van der Waals surface area (Å²) in [6, 6.07) is 2.83. The van der Waals surface area contributed by atoms with Gasteiger partial charge < -0.3 is 10.4 Å². The van der Waals surface area contributed by atoms with E-state index in [4.69, 9.17) is 0 Å². The Kier molecular flexibility index (Phi) is 8.41. The van der Waals surface area contributed by atoms with Gasteiger partial charge in [0.15, 0.2) is 0 Å². The number of carbonyl (C=O) groups is 1. The maximum Gasteiger partial charge on any atom is 0.274 e. The molecule has 1 aliphatic heterocycles. The summed E-state index contributed by atoms with van der Waals surface area (Å²) in [6.07, 6.45) is 11.0. The minimum absolute atomic E-state index is 0.0568. The second-order valence-corrected chi connectivity index (χ2v) is 11.5. The molecule has 5 nitrogen and oxygen atoms in total. The molecule has 6 heteroatoms. The van der Waals surface area contributed by atoms with Crippen LogP contribution in [0.1, 0.15) is 101 Å². The molecule has 0 radical (unpaired) electrons. The predicted octanol–water partition coefficient (Wildman–Crippen LogP) is 6.25. The molecule has 0 aromatic carbocycles. The van der Waals surface area contributed by atoms with Crippen LogP contribution >= 0.6 is 0 Å². The number of aromatic nitrogens is 1. The lowest BCUT2D eigenvalue weighted by atomic mass is 9.64. The molecule has 1 aromatic heterocycles. The average molecular weight is 484 g/mol. The van der Waals surface area contributed by atoms with Crippen molar-refractivity contribution >= 4 is 12.1 Å². The van der Waals surface area contributed by atoms with E-state index in [0.29, 0.717) is 55.0 Å². The third kappa shape index (κ3) is 6.02. The Morgan fingerprint density at radius 1 is 1.17 bits per heavy atom. The number of carbonyl (C=O) groups excluding carboxylic acids is 1. The lowest BCUT2D eigenvalue weighted by Crippen LogP contribution is -2.39. The maximum atomic E-state index is 14.6. The molecule has 35 heavy (non-hydrogen) atoms. The lowest BCUT2D eigenvalue weighted by molar-refractivity contribution is 0.0923. The highest BCUT2D eigenvalue weighted by molar-refractivity contribution is 5.93. The molecule has 0 bridgehead atoms. The Labute approximate surface area is 209 Å². The molecule has 1 amide bonds. The second-order valence-electron chi connectivity index (χ2n) is 11.5. The van der Waals surface area contributed by atoms with Gasteiger partial charge in [0.2, 0.25) is 0 Å². The van der Waals surface area contributed by atoms with Crippen molar-refractivity contribution in [2.75, 3.05) is 0 Å². The number of aliphatic hydroxyl groups is 1. The van der Waals surface area contributed by atoms with E-state index in [-0.39, 0.29) is 41.3 Å². The summed E-state index contributed by atoms with van der Waals surface area (Å²) in [6.45, 7) is 9.20. The van der Waals surface area contributed by atoms with Crippen molar-refractivity contribution in [1.82, 2.24) is 10.3 Å². The summed E-state index contributed by atoms with van der Waals surface area (Å²) in [4.78, 5) is 22.2. The third-order valence-electron chi connectivity index (χ3n) is 8.88. The van der Waals surface area contributed by atoms with Crippen molar-refractivity contribution in [2.45, 2.75) is 91.1 Å². The van der Waals surface area contributed by atoms with Crippen LogP contribution in [0.3, 0.4) is 0 Å². The van der Waals surface area contributed by atoms with Gasteiger partial charge in [0, 0.05) is 35.9 Å². The first-order valence-electron chi connectivity index (χ1n) is 13.7. The topological polar surface area (TPSA) is 74.6 Å². The van der Waals surface area contributed by atoms with Crippen LogP contribution in [-0.2, 0) is 0 Å². The Bertz CT molecular complexity index is 953. The van der Waals surface area contributed by atoms with Gasteiger partial charge in [-0.1, -0.05) is 34.1 Å². The number of hydrogen-bond donors (Lipinski definition) is 2. The SMILES string of the molecule is CCC(C)C1CC(C)CC(C2C(NC(=O)c3ccc(F)c(C4CCC(O)CC4)n3)=CN=CC2C)C1. The van der Waals surface area contributed by atoms with Crippen molar-refractivity contribution in [1.29, 1.82) is 0 Å². The van der Waals surface area contributed by atoms with E-state index in [1.807, 2.05) is 6.21 Å². The van der Waals surface area contributed by atoms with Crippen molar-refractivity contribution < 1.29 is 14.3 Å². The van der Waals surface area contributed by atoms with Crippen LogP contribution in [0.25, 0.3) is 0 Å². The van der Waals surface area contributed by atoms with Crippen LogP contribution in [0.4, 0.5) is 4.39 Å². The first kappa shape index (κ1) is 26.0. The van der Waals surface area contributed by atoms with Crippen LogP contribution in [0.15, 0.2) is 29.0 Å². The molecule has 0 spiro atoms. The standard InChI is InChI=1S/C29H42FN3O2/c1-5-18(3)21-12-17(2)13-22(14-21)27-19(4)15-31-16-26(27)33-29(35)25-11-10-24(30)28(32-25)20-6-8-23(34)9-7-20/h10-11,15-23,27,34H,5-9,12-14H2,1-4H3,(H,33,35). The van der Waals surface area contributed by atoms with Gasteiger partial charge in [-0.15, -0.1) is 0 Å². The Morgan fingerprint density at radius 3 is 2.63 bits per heavy atom. The third-order valence-corrected chi connectivity index (χ3v) is 8.88. The quantitative estimate of drug-likeness (QED) is 0.502. The van der Waals surface area contributed by atoms with E-state index in [2.05, 4.69) is 43.0 Å². The molecule has 1 aromatic rings. The molecule has 2 fully saturated rings. The fourth-order valence-corrected chi connectivity index (χ4v) is 6.74. The van der Waals surface area contributed by atoms with E-state index in [0.717, 1.165) is 12.1 Å². The van der Waals surface area contributed by atoms with Gasteiger partial charge >= 0.3 is 0 Å². The highest BCUT2D eigenvalue weighted by Crippen LogP contribution is 2.45. The molecule has 2 heterocycles. The van der Waals surface area contributed by atoms with E-state index >= 15 is 0 Å². The molecule has 2 saturated carbocycles. The van der Waals surface area contributed by atoms with Gasteiger partial charge in [-0.05, 0) is 80.8 Å². The first-order valence-corrected chi connectivity index (χ1v) is 13.7. The van der Waals surface area contributed by atoms with E-state index in [9.17, 15) is 14.3 Å². The summed E-state index contributed by atoms with van der Waals surface area (Å²) in [5.74, 6) is 2.32. The minimum atomic E-state index is -0.372. The molecule has 0 saturated heterocycles. The second kappa shape index (κ2) is 11.3. The zero-order valence-electron chi connectivity index (χ0n) is 21.7. The van der Waals surface area contributed by atoms with Crippen molar-refractivity contribution in [3.8, 4) is 0 Å². The molecular formula is C29H42FN3O2. The zero-order valence-corrected chi connectivity index (χ0v) is 21.7. The number of amides is 1. The van der Waals surface area contributed by atoms with Gasteiger partial charge in [0.1, 0.15) is 11.5 Å². The molecule has 6 unspecified atom stereocenters. The average Bonchev–Trinajstić information content (AvgIpc) is 2.84. The highest BCUT2D eigenvalue weighted by Gasteiger charge is 2.38. The number of aliphatic hydroxyl groups excluding tert-OH is 1. The number of aliphatic imine (C=N–C) groups is 1. The van der Waals surface area contributed by atoms with E-state index in [1.165, 1.54) is 31.4 Å². The smallest absolute Gasteiger partial charge is 0.274 e. The molecule has 4 rings (SSSR count). The molecule has 3 aliphatic rings. The largest absolute Gasteiger partial charge is 0.393 e. The molecule has 2 N–H and O–H groups in total. The zero-order chi connectivity index (χ0) is 25.1. The van der Waals surface area contributed by atoms with Crippen molar-refractivity contribution in [2.24, 2.45) is 40.5 Å². The van der Waals surface area contributed by atoms with E-state index in [1.54, 1.807) is 6.20 Å². The number of hydrogen-bond acceptors (Lipinski definition) is 4. The van der Waals surface area contributed by atoms with Crippen molar-refractivity contribution in [3.63, 3.8) is 0 Å². The van der Waals surface area contributed by atoms with E-state index < -0.39 is 0 Å². The Balaban J connectivity index is 1.51. The van der Waals surface area contributed by atoms with Gasteiger partial charge in [-0.25, -0.2) is 9.37 Å². The van der Waals surface area contributed by atoms with Crippen molar-refractivity contribution in [3.05, 3.63) is 41.2 Å². The fraction of sp³-hybridized carbons (Fsp3) is 0.690. The molecule has 192 valence electrons.